The number of fused-ring (bicyclic) bond motifs is 1. The van der Waals surface area contributed by atoms with Gasteiger partial charge in [-0.15, -0.1) is 0 Å². The van der Waals surface area contributed by atoms with Crippen molar-refractivity contribution >= 4 is 17.7 Å². The molecule has 1 aromatic rings. The molecule has 1 saturated heterocycles. The maximum absolute atomic E-state index is 11.8. The molecule has 0 amide bonds. The van der Waals surface area contributed by atoms with E-state index in [-0.39, 0.29) is 5.57 Å². The molecule has 1 aromatic carbocycles. The van der Waals surface area contributed by atoms with Crippen LogP contribution in [0.5, 0.6) is 0 Å². The van der Waals surface area contributed by atoms with Crippen LogP contribution in [0.1, 0.15) is 12.0 Å². The highest BCUT2D eigenvalue weighted by Crippen LogP contribution is 2.32. The maximum atomic E-state index is 11.8. The number of nitrogens with zero attached hydrogens (tertiary/aromatic N) is 1. The lowest BCUT2D eigenvalue weighted by Crippen LogP contribution is -2.58. The number of carbonyl (C=O) groups is 1. The zero-order valence-electron chi connectivity index (χ0n) is 14.5. The van der Waals surface area contributed by atoms with Crippen molar-refractivity contribution < 1.29 is 19.4 Å². The summed E-state index contributed by atoms with van der Waals surface area (Å²) in [7, 11) is 1.51. The molecule has 1 unspecified atom stereocenters. The van der Waals surface area contributed by atoms with Gasteiger partial charge in [0, 0.05) is 32.4 Å². The first-order chi connectivity index (χ1) is 12.1. The minimum Gasteiger partial charge on any atom is -0.478 e. The number of hydrogen-bond donors (Lipinski definition) is 3. The van der Waals surface area contributed by atoms with E-state index in [9.17, 15) is 9.90 Å². The van der Waals surface area contributed by atoms with Gasteiger partial charge in [0.2, 0.25) is 5.85 Å². The summed E-state index contributed by atoms with van der Waals surface area (Å²) >= 11 is 0. The number of hydrogen-bond acceptors (Lipinski definition) is 6. The molecule has 3 N–H and O–H groups in total. The molecule has 0 spiro atoms. The van der Waals surface area contributed by atoms with Gasteiger partial charge < -0.3 is 19.9 Å². The Morgan fingerprint density at radius 2 is 2.16 bits per heavy atom. The van der Waals surface area contributed by atoms with Gasteiger partial charge in [-0.2, -0.15) is 0 Å². The minimum atomic E-state index is -1.23. The highest BCUT2D eigenvalue weighted by atomic mass is 16.5. The average molecular weight is 347 g/mol. The van der Waals surface area contributed by atoms with E-state index in [0.717, 1.165) is 50.5 Å². The Labute approximate surface area is 147 Å². The van der Waals surface area contributed by atoms with Crippen LogP contribution in [0.2, 0.25) is 0 Å². The van der Waals surface area contributed by atoms with Crippen LogP contribution in [-0.2, 0) is 14.3 Å². The number of aliphatic carboxylic acids is 1. The zero-order valence-corrected chi connectivity index (χ0v) is 14.5. The van der Waals surface area contributed by atoms with Gasteiger partial charge in [0.25, 0.3) is 0 Å². The largest absolute Gasteiger partial charge is 0.478 e. The Bertz CT molecular complexity index is 643. The van der Waals surface area contributed by atoms with Crippen LogP contribution in [0, 0.1) is 0 Å². The molecular formula is C18H25N3O4. The number of anilines is 1. The minimum absolute atomic E-state index is 0.153. The highest BCUT2D eigenvalue weighted by Gasteiger charge is 2.41. The van der Waals surface area contributed by atoms with E-state index in [1.54, 1.807) is 6.08 Å². The lowest BCUT2D eigenvalue weighted by Gasteiger charge is -2.38. The fraction of sp³-hybridized carbons (Fsp3) is 0.500. The molecule has 25 heavy (non-hydrogen) atoms. The monoisotopic (exact) mass is 347 g/mol. The lowest BCUT2D eigenvalue weighted by atomic mass is 9.99. The van der Waals surface area contributed by atoms with Crippen molar-refractivity contribution in [3.63, 3.8) is 0 Å². The molecule has 3 rings (SSSR count). The third-order valence-electron chi connectivity index (χ3n) is 4.62. The lowest BCUT2D eigenvalue weighted by molar-refractivity contribution is -0.135. The third kappa shape index (κ3) is 4.01. The van der Waals surface area contributed by atoms with Gasteiger partial charge in [-0.3, -0.25) is 10.2 Å². The second-order valence-corrected chi connectivity index (χ2v) is 6.20. The Hall–Kier alpha value is -1.93. The topological polar surface area (TPSA) is 83.1 Å². The van der Waals surface area contributed by atoms with E-state index in [1.807, 2.05) is 24.3 Å². The predicted octanol–water partition coefficient (Wildman–Crippen LogP) is 1.19. The Morgan fingerprint density at radius 3 is 2.88 bits per heavy atom. The fourth-order valence-corrected chi connectivity index (χ4v) is 3.23. The average Bonchev–Trinajstić information content (AvgIpc) is 2.65. The van der Waals surface area contributed by atoms with Crippen molar-refractivity contribution in [2.75, 3.05) is 51.8 Å². The molecular weight excluding hydrogens is 322 g/mol. The first-order valence-corrected chi connectivity index (χ1v) is 8.57. The molecule has 2 heterocycles. The first kappa shape index (κ1) is 17.9. The first-order valence-electron chi connectivity index (χ1n) is 8.57. The van der Waals surface area contributed by atoms with Gasteiger partial charge in [0.05, 0.1) is 13.2 Å². The summed E-state index contributed by atoms with van der Waals surface area (Å²) in [5.74, 6) is -2.24. The molecule has 7 nitrogen and oxygen atoms in total. The number of ether oxygens (including phenoxy) is 2. The number of methoxy groups -OCH3 is 1. The van der Waals surface area contributed by atoms with Crippen LogP contribution >= 0.6 is 0 Å². The van der Waals surface area contributed by atoms with E-state index in [2.05, 4.69) is 15.5 Å². The van der Waals surface area contributed by atoms with E-state index < -0.39 is 11.8 Å². The fourth-order valence-electron chi connectivity index (χ4n) is 3.23. The third-order valence-corrected chi connectivity index (χ3v) is 4.62. The van der Waals surface area contributed by atoms with E-state index in [4.69, 9.17) is 9.47 Å². The summed E-state index contributed by atoms with van der Waals surface area (Å²) in [4.78, 5) is 14.1. The van der Waals surface area contributed by atoms with Gasteiger partial charge in [-0.25, -0.2) is 4.79 Å². The molecule has 2 aliphatic rings. The van der Waals surface area contributed by atoms with Crippen LogP contribution in [-0.4, -0.2) is 68.3 Å². The highest BCUT2D eigenvalue weighted by molar-refractivity contribution is 5.98. The number of nitrogens with one attached hydrogen (secondary N) is 2. The molecule has 0 aliphatic carbocycles. The summed E-state index contributed by atoms with van der Waals surface area (Å²) in [5.41, 5.74) is 1.83. The molecule has 7 heteroatoms. The Kier molecular flexibility index (Phi) is 5.70. The molecule has 0 aromatic heterocycles. The summed E-state index contributed by atoms with van der Waals surface area (Å²) in [6.45, 7) is 5.02. The standard InChI is InChI=1S/C18H25N3O4/c1-24-18(19-7-4-8-21-9-11-25-12-10-21)15(17(22)23)13-14-5-2-3-6-16(14)20-18/h2-3,5-6,13,19-20H,4,7-12H2,1H3,(H,22,23). The van der Waals surface area contributed by atoms with Gasteiger partial charge in [0.1, 0.15) is 5.57 Å². The zero-order chi connectivity index (χ0) is 17.7. The van der Waals surface area contributed by atoms with Crippen LogP contribution in [0.15, 0.2) is 29.8 Å². The number of carboxylic acids is 1. The second kappa shape index (κ2) is 7.97. The number of morpholine rings is 1. The molecule has 2 aliphatic heterocycles. The number of para-hydroxylation sites is 1. The second-order valence-electron chi connectivity index (χ2n) is 6.20. The van der Waals surface area contributed by atoms with Crippen molar-refractivity contribution in [2.45, 2.75) is 12.3 Å². The van der Waals surface area contributed by atoms with E-state index >= 15 is 0 Å². The van der Waals surface area contributed by atoms with Crippen molar-refractivity contribution in [3.05, 3.63) is 35.4 Å². The number of carboxylic acid groups (broad SMARTS) is 1. The Balaban J connectivity index is 1.67. The van der Waals surface area contributed by atoms with E-state index in [1.165, 1.54) is 7.11 Å². The van der Waals surface area contributed by atoms with Crippen molar-refractivity contribution in [1.29, 1.82) is 0 Å². The van der Waals surface area contributed by atoms with Gasteiger partial charge in [0.15, 0.2) is 0 Å². The van der Waals surface area contributed by atoms with Crippen molar-refractivity contribution in [2.24, 2.45) is 0 Å². The van der Waals surface area contributed by atoms with Crippen LogP contribution in [0.3, 0.4) is 0 Å². The normalized spacial score (nSPS) is 23.5. The summed E-state index contributed by atoms with van der Waals surface area (Å²) in [5, 5.41) is 16.1. The molecule has 1 atom stereocenters. The summed E-state index contributed by atoms with van der Waals surface area (Å²) < 4.78 is 10.9. The predicted molar refractivity (Wildman–Crippen MR) is 95.3 cm³/mol. The Morgan fingerprint density at radius 1 is 1.40 bits per heavy atom. The molecule has 136 valence electrons. The van der Waals surface area contributed by atoms with Gasteiger partial charge >= 0.3 is 5.97 Å². The summed E-state index contributed by atoms with van der Waals surface area (Å²) in [6.07, 6.45) is 2.55. The quantitative estimate of drug-likeness (QED) is 0.505. The molecule has 0 saturated carbocycles. The maximum Gasteiger partial charge on any atom is 0.338 e. The van der Waals surface area contributed by atoms with Crippen LogP contribution in [0.4, 0.5) is 5.69 Å². The van der Waals surface area contributed by atoms with Gasteiger partial charge in [-0.05, 0) is 30.7 Å². The van der Waals surface area contributed by atoms with Crippen LogP contribution in [0.25, 0.3) is 6.08 Å². The van der Waals surface area contributed by atoms with Crippen molar-refractivity contribution in [1.82, 2.24) is 10.2 Å². The smallest absolute Gasteiger partial charge is 0.338 e. The molecule has 0 radical (unpaired) electrons. The SMILES string of the molecule is COC1(NCCCN2CCOCC2)Nc2ccccc2C=C1C(=O)O. The number of benzene rings is 1. The van der Waals surface area contributed by atoms with E-state index in [0.29, 0.717) is 6.54 Å². The number of rotatable bonds is 7. The van der Waals surface area contributed by atoms with Gasteiger partial charge in [-0.1, -0.05) is 18.2 Å². The van der Waals surface area contributed by atoms with Crippen molar-refractivity contribution in [3.8, 4) is 0 Å². The summed E-state index contributed by atoms with van der Waals surface area (Å²) in [6, 6.07) is 7.58. The van der Waals surface area contributed by atoms with Crippen LogP contribution < -0.4 is 10.6 Å². The molecule has 1 fully saturated rings. The molecule has 0 bridgehead atoms.